The third-order valence-electron chi connectivity index (χ3n) is 2.73. The van der Waals surface area contributed by atoms with Crippen LogP contribution in [-0.2, 0) is 4.79 Å². The summed E-state index contributed by atoms with van der Waals surface area (Å²) in [6, 6.07) is 10.7. The molecule has 0 bridgehead atoms. The van der Waals surface area contributed by atoms with E-state index in [-0.39, 0.29) is 5.91 Å². The van der Waals surface area contributed by atoms with Crippen LogP contribution >= 0.6 is 0 Å². The number of hydrogen-bond donors (Lipinski definition) is 2. The monoisotopic (exact) mass is 234 g/mol. The summed E-state index contributed by atoms with van der Waals surface area (Å²) in [5.74, 6) is 0.114. The summed E-state index contributed by atoms with van der Waals surface area (Å²) < 4.78 is 0. The molecule has 0 heterocycles. The second-order valence-corrected chi connectivity index (χ2v) is 4.03. The summed E-state index contributed by atoms with van der Waals surface area (Å²) in [6.45, 7) is 5.51. The highest BCUT2D eigenvalue weighted by molar-refractivity contribution is 5.75. The molecule has 1 rings (SSSR count). The molecule has 0 saturated carbocycles. The Labute approximate surface area is 104 Å². The molecule has 3 heteroatoms. The van der Waals surface area contributed by atoms with Gasteiger partial charge >= 0.3 is 0 Å². The summed E-state index contributed by atoms with van der Waals surface area (Å²) in [6.07, 6.45) is 1.57. The normalized spacial score (nSPS) is 12.1. The van der Waals surface area contributed by atoms with Crippen molar-refractivity contribution in [3.63, 3.8) is 0 Å². The quantitative estimate of drug-likeness (QED) is 0.759. The lowest BCUT2D eigenvalue weighted by molar-refractivity contribution is -0.120. The van der Waals surface area contributed by atoms with Crippen molar-refractivity contribution in [3.05, 3.63) is 35.9 Å². The molecule has 1 unspecified atom stereocenters. The van der Waals surface area contributed by atoms with E-state index in [0.29, 0.717) is 19.0 Å². The molecular formula is C14H22N2O. The molecule has 1 atom stereocenters. The van der Waals surface area contributed by atoms with E-state index in [1.54, 1.807) is 0 Å². The molecule has 0 fully saturated rings. The summed E-state index contributed by atoms with van der Waals surface area (Å²) in [7, 11) is 0. The van der Waals surface area contributed by atoms with E-state index in [2.05, 4.69) is 29.7 Å². The van der Waals surface area contributed by atoms with Gasteiger partial charge < -0.3 is 10.6 Å². The van der Waals surface area contributed by atoms with Gasteiger partial charge in [0.2, 0.25) is 5.91 Å². The molecule has 0 aliphatic heterocycles. The minimum atomic E-state index is 0.114. The van der Waals surface area contributed by atoms with E-state index < -0.39 is 0 Å². The van der Waals surface area contributed by atoms with Crippen molar-refractivity contribution in [1.82, 2.24) is 10.6 Å². The molecule has 0 saturated heterocycles. The van der Waals surface area contributed by atoms with E-state index in [1.165, 1.54) is 5.56 Å². The zero-order valence-electron chi connectivity index (χ0n) is 10.7. The van der Waals surface area contributed by atoms with Crippen LogP contribution in [0.1, 0.15) is 38.3 Å². The van der Waals surface area contributed by atoms with Crippen molar-refractivity contribution in [2.75, 3.05) is 13.1 Å². The van der Waals surface area contributed by atoms with Crippen LogP contribution in [0.5, 0.6) is 0 Å². The molecule has 0 spiro atoms. The standard InChI is InChI=1S/C14H22N2O/c1-3-13(12-8-6-5-7-9-12)16-11-10-14(17)15-4-2/h5-9,13,16H,3-4,10-11H2,1-2H3,(H,15,17). The average molecular weight is 234 g/mol. The van der Waals surface area contributed by atoms with Crippen molar-refractivity contribution in [2.24, 2.45) is 0 Å². The third kappa shape index (κ3) is 5.00. The van der Waals surface area contributed by atoms with Crippen molar-refractivity contribution in [2.45, 2.75) is 32.7 Å². The molecule has 0 aliphatic rings. The Balaban J connectivity index is 2.36. The highest BCUT2D eigenvalue weighted by Gasteiger charge is 2.08. The average Bonchev–Trinajstić information content (AvgIpc) is 2.36. The smallest absolute Gasteiger partial charge is 0.221 e. The first-order valence-corrected chi connectivity index (χ1v) is 6.33. The molecule has 94 valence electrons. The van der Waals surface area contributed by atoms with E-state index in [9.17, 15) is 4.79 Å². The molecular weight excluding hydrogens is 212 g/mol. The molecule has 3 nitrogen and oxygen atoms in total. The molecule has 17 heavy (non-hydrogen) atoms. The Morgan fingerprint density at radius 2 is 1.94 bits per heavy atom. The second-order valence-electron chi connectivity index (χ2n) is 4.03. The lowest BCUT2D eigenvalue weighted by atomic mass is 10.0. The second kappa shape index (κ2) is 7.85. The van der Waals surface area contributed by atoms with Gasteiger partial charge in [-0.25, -0.2) is 0 Å². The Hall–Kier alpha value is -1.35. The van der Waals surface area contributed by atoms with Gasteiger partial charge in [-0.15, -0.1) is 0 Å². The minimum absolute atomic E-state index is 0.114. The van der Waals surface area contributed by atoms with Crippen LogP contribution in [0, 0.1) is 0 Å². The van der Waals surface area contributed by atoms with Gasteiger partial charge in [0, 0.05) is 25.6 Å². The van der Waals surface area contributed by atoms with Crippen LogP contribution < -0.4 is 10.6 Å². The van der Waals surface area contributed by atoms with Gasteiger partial charge in [-0.1, -0.05) is 37.3 Å². The third-order valence-corrected chi connectivity index (χ3v) is 2.73. The zero-order valence-corrected chi connectivity index (χ0v) is 10.7. The first kappa shape index (κ1) is 13.7. The first-order valence-electron chi connectivity index (χ1n) is 6.33. The van der Waals surface area contributed by atoms with Crippen molar-refractivity contribution < 1.29 is 4.79 Å². The van der Waals surface area contributed by atoms with E-state index in [4.69, 9.17) is 0 Å². The lowest BCUT2D eigenvalue weighted by Crippen LogP contribution is -2.29. The van der Waals surface area contributed by atoms with Gasteiger partial charge in [0.1, 0.15) is 0 Å². The van der Waals surface area contributed by atoms with Gasteiger partial charge in [0.15, 0.2) is 0 Å². The van der Waals surface area contributed by atoms with Gasteiger partial charge in [-0.3, -0.25) is 4.79 Å². The van der Waals surface area contributed by atoms with Gasteiger partial charge in [0.25, 0.3) is 0 Å². The largest absolute Gasteiger partial charge is 0.356 e. The van der Waals surface area contributed by atoms with E-state index >= 15 is 0 Å². The minimum Gasteiger partial charge on any atom is -0.356 e. The van der Waals surface area contributed by atoms with Gasteiger partial charge in [-0.2, -0.15) is 0 Å². The van der Waals surface area contributed by atoms with Crippen LogP contribution in [0.4, 0.5) is 0 Å². The molecule has 1 aromatic rings. The van der Waals surface area contributed by atoms with E-state index in [0.717, 1.165) is 13.0 Å². The topological polar surface area (TPSA) is 41.1 Å². The number of carbonyl (C=O) groups excluding carboxylic acids is 1. The maximum Gasteiger partial charge on any atom is 0.221 e. The predicted molar refractivity (Wildman–Crippen MR) is 70.8 cm³/mol. The number of amides is 1. The van der Waals surface area contributed by atoms with Gasteiger partial charge in [-0.05, 0) is 18.9 Å². The van der Waals surface area contributed by atoms with E-state index in [1.807, 2.05) is 25.1 Å². The fourth-order valence-electron chi connectivity index (χ4n) is 1.83. The number of hydrogen-bond acceptors (Lipinski definition) is 2. The van der Waals surface area contributed by atoms with Crippen LogP contribution in [-0.4, -0.2) is 19.0 Å². The molecule has 0 aliphatic carbocycles. The lowest BCUT2D eigenvalue weighted by Gasteiger charge is -2.17. The fraction of sp³-hybridized carbons (Fsp3) is 0.500. The van der Waals surface area contributed by atoms with Crippen LogP contribution in [0.25, 0.3) is 0 Å². The summed E-state index contributed by atoms with van der Waals surface area (Å²) in [4.78, 5) is 11.3. The maximum atomic E-state index is 11.3. The fourth-order valence-corrected chi connectivity index (χ4v) is 1.83. The van der Waals surface area contributed by atoms with Crippen LogP contribution in [0.15, 0.2) is 30.3 Å². The van der Waals surface area contributed by atoms with Crippen molar-refractivity contribution in [3.8, 4) is 0 Å². The van der Waals surface area contributed by atoms with Crippen molar-refractivity contribution >= 4 is 5.91 Å². The first-order chi connectivity index (χ1) is 8.27. The highest BCUT2D eigenvalue weighted by Crippen LogP contribution is 2.15. The van der Waals surface area contributed by atoms with Gasteiger partial charge in [0.05, 0.1) is 0 Å². The number of nitrogens with one attached hydrogen (secondary N) is 2. The Morgan fingerprint density at radius 3 is 2.53 bits per heavy atom. The Bertz CT molecular complexity index is 324. The molecule has 1 amide bonds. The number of carbonyl (C=O) groups is 1. The molecule has 0 radical (unpaired) electrons. The zero-order chi connectivity index (χ0) is 12.5. The summed E-state index contributed by atoms with van der Waals surface area (Å²) in [5, 5.41) is 6.21. The molecule has 1 aromatic carbocycles. The summed E-state index contributed by atoms with van der Waals surface area (Å²) in [5.41, 5.74) is 1.28. The highest BCUT2D eigenvalue weighted by atomic mass is 16.1. The molecule has 2 N–H and O–H groups in total. The van der Waals surface area contributed by atoms with Crippen LogP contribution in [0.3, 0.4) is 0 Å². The Morgan fingerprint density at radius 1 is 1.24 bits per heavy atom. The summed E-state index contributed by atoms with van der Waals surface area (Å²) >= 11 is 0. The number of rotatable bonds is 7. The molecule has 0 aromatic heterocycles. The van der Waals surface area contributed by atoms with Crippen molar-refractivity contribution in [1.29, 1.82) is 0 Å². The van der Waals surface area contributed by atoms with Crippen LogP contribution in [0.2, 0.25) is 0 Å². The maximum absolute atomic E-state index is 11.3. The predicted octanol–water partition coefficient (Wildman–Crippen LogP) is 2.25. The SMILES string of the molecule is CCNC(=O)CCNC(CC)c1ccccc1. The number of benzene rings is 1. The Kier molecular flexibility index (Phi) is 6.33.